The van der Waals surface area contributed by atoms with Crippen molar-refractivity contribution in [2.75, 3.05) is 33.2 Å². The minimum Gasteiger partial charge on any atom is -0.508 e. The molecule has 1 aromatic carbocycles. The second-order valence-electron chi connectivity index (χ2n) is 5.19. The van der Waals surface area contributed by atoms with Crippen LogP contribution < -0.4 is 0 Å². The molecule has 5 nitrogen and oxygen atoms in total. The van der Waals surface area contributed by atoms with Crippen molar-refractivity contribution in [3.8, 4) is 11.5 Å². The molecule has 1 unspecified atom stereocenters. The lowest BCUT2D eigenvalue weighted by Crippen LogP contribution is -2.51. The van der Waals surface area contributed by atoms with Gasteiger partial charge in [0.15, 0.2) is 5.78 Å². The summed E-state index contributed by atoms with van der Waals surface area (Å²) in [6.07, 6.45) is 0. The second kappa shape index (κ2) is 5.59. The Hall–Kier alpha value is -1.59. The van der Waals surface area contributed by atoms with Gasteiger partial charge in [-0.25, -0.2) is 0 Å². The molecule has 0 aliphatic carbocycles. The Balaban J connectivity index is 2.01. The molecule has 104 valence electrons. The first kappa shape index (κ1) is 13.8. The third kappa shape index (κ3) is 3.24. The summed E-state index contributed by atoms with van der Waals surface area (Å²) in [7, 11) is 2.08. The van der Waals surface area contributed by atoms with Crippen LogP contribution in [0.2, 0.25) is 0 Å². The van der Waals surface area contributed by atoms with Gasteiger partial charge in [0.2, 0.25) is 0 Å². The number of hydrogen-bond donors (Lipinski definition) is 2. The Morgan fingerprint density at radius 2 is 2.11 bits per heavy atom. The molecule has 2 rings (SSSR count). The van der Waals surface area contributed by atoms with Crippen LogP contribution in [0.5, 0.6) is 11.5 Å². The number of phenols is 2. The Morgan fingerprint density at radius 1 is 1.37 bits per heavy atom. The molecule has 1 fully saturated rings. The highest BCUT2D eigenvalue weighted by molar-refractivity contribution is 6.00. The van der Waals surface area contributed by atoms with Gasteiger partial charge in [-0.05, 0) is 26.1 Å². The normalized spacial score (nSPS) is 21.5. The number of phenolic OH excluding ortho intramolecular Hbond substituents is 2. The van der Waals surface area contributed by atoms with Gasteiger partial charge in [-0.2, -0.15) is 0 Å². The van der Waals surface area contributed by atoms with Crippen molar-refractivity contribution in [2.45, 2.75) is 13.0 Å². The van der Waals surface area contributed by atoms with Gasteiger partial charge in [0.25, 0.3) is 0 Å². The van der Waals surface area contributed by atoms with Crippen LogP contribution in [0.3, 0.4) is 0 Å². The van der Waals surface area contributed by atoms with Gasteiger partial charge in [-0.1, -0.05) is 0 Å². The highest BCUT2D eigenvalue weighted by Crippen LogP contribution is 2.23. The van der Waals surface area contributed by atoms with Gasteiger partial charge >= 0.3 is 0 Å². The van der Waals surface area contributed by atoms with E-state index < -0.39 is 0 Å². The van der Waals surface area contributed by atoms with Crippen molar-refractivity contribution < 1.29 is 15.0 Å². The summed E-state index contributed by atoms with van der Waals surface area (Å²) < 4.78 is 0. The molecule has 19 heavy (non-hydrogen) atoms. The number of aromatic hydroxyl groups is 2. The predicted octanol–water partition coefficient (Wildman–Crippen LogP) is 0.916. The molecule has 5 heteroatoms. The lowest BCUT2D eigenvalue weighted by atomic mass is 10.1. The number of nitrogens with zero attached hydrogens (tertiary/aromatic N) is 2. The van der Waals surface area contributed by atoms with Crippen molar-refractivity contribution >= 4 is 5.78 Å². The van der Waals surface area contributed by atoms with Crippen LogP contribution in [0.4, 0.5) is 0 Å². The number of carbonyl (C=O) groups is 1. The van der Waals surface area contributed by atoms with Crippen LogP contribution in [-0.4, -0.2) is 65.1 Å². The molecule has 0 aromatic heterocycles. The van der Waals surface area contributed by atoms with Crippen LogP contribution in [-0.2, 0) is 0 Å². The molecule has 2 N–H and O–H groups in total. The summed E-state index contributed by atoms with van der Waals surface area (Å²) in [5.74, 6) is -0.316. The summed E-state index contributed by atoms with van der Waals surface area (Å²) in [6, 6.07) is 4.50. The molecule has 1 heterocycles. The number of rotatable bonds is 3. The fourth-order valence-electron chi connectivity index (χ4n) is 2.31. The van der Waals surface area contributed by atoms with E-state index in [0.717, 1.165) is 19.6 Å². The molecule has 1 atom stereocenters. The van der Waals surface area contributed by atoms with Crippen LogP contribution in [0, 0.1) is 0 Å². The average Bonchev–Trinajstić information content (AvgIpc) is 2.33. The number of hydrogen-bond acceptors (Lipinski definition) is 5. The van der Waals surface area contributed by atoms with Crippen LogP contribution in [0.15, 0.2) is 18.2 Å². The number of carbonyl (C=O) groups excluding carboxylic acids is 1. The molecule has 1 saturated heterocycles. The van der Waals surface area contributed by atoms with E-state index in [1.807, 2.05) is 0 Å². The summed E-state index contributed by atoms with van der Waals surface area (Å²) in [5, 5.41) is 18.9. The highest BCUT2D eigenvalue weighted by atomic mass is 16.3. The molecule has 1 aliphatic heterocycles. The largest absolute Gasteiger partial charge is 0.508 e. The predicted molar refractivity (Wildman–Crippen MR) is 72.6 cm³/mol. The maximum atomic E-state index is 12.1. The topological polar surface area (TPSA) is 64.0 Å². The highest BCUT2D eigenvalue weighted by Gasteiger charge is 2.23. The van der Waals surface area contributed by atoms with E-state index in [1.54, 1.807) is 0 Å². The number of ketones is 1. The van der Waals surface area contributed by atoms with E-state index >= 15 is 0 Å². The van der Waals surface area contributed by atoms with E-state index in [4.69, 9.17) is 0 Å². The zero-order chi connectivity index (χ0) is 14.0. The molecule has 0 radical (unpaired) electrons. The summed E-state index contributed by atoms with van der Waals surface area (Å²) >= 11 is 0. The molecular weight excluding hydrogens is 244 g/mol. The lowest BCUT2D eigenvalue weighted by Gasteiger charge is -2.37. The minimum absolute atomic E-state index is 0.0396. The van der Waals surface area contributed by atoms with Crippen molar-refractivity contribution in [1.29, 1.82) is 0 Å². The van der Waals surface area contributed by atoms with Crippen molar-refractivity contribution in [3.05, 3.63) is 23.8 Å². The van der Waals surface area contributed by atoms with E-state index in [2.05, 4.69) is 23.8 Å². The summed E-state index contributed by atoms with van der Waals surface area (Å²) in [6.45, 7) is 5.08. The lowest BCUT2D eigenvalue weighted by molar-refractivity contribution is 0.0784. The molecule has 0 bridgehead atoms. The maximum absolute atomic E-state index is 12.1. The minimum atomic E-state index is -0.160. The monoisotopic (exact) mass is 264 g/mol. The van der Waals surface area contributed by atoms with E-state index in [9.17, 15) is 15.0 Å². The molecule has 0 amide bonds. The Morgan fingerprint density at radius 3 is 2.74 bits per heavy atom. The first-order valence-electron chi connectivity index (χ1n) is 6.45. The molecule has 0 saturated carbocycles. The molecular formula is C14H20N2O3. The van der Waals surface area contributed by atoms with E-state index in [1.165, 1.54) is 18.2 Å². The number of Topliss-reactive ketones (excluding diaryl/α,β-unsaturated/α-hetero) is 1. The van der Waals surface area contributed by atoms with Gasteiger partial charge in [-0.3, -0.25) is 9.69 Å². The summed E-state index contributed by atoms with van der Waals surface area (Å²) in [5.41, 5.74) is 0.268. The Bertz CT molecular complexity index is 476. The number of piperazine rings is 1. The smallest absolute Gasteiger partial charge is 0.180 e. The second-order valence-corrected chi connectivity index (χ2v) is 5.19. The van der Waals surface area contributed by atoms with Crippen molar-refractivity contribution in [3.63, 3.8) is 0 Å². The zero-order valence-corrected chi connectivity index (χ0v) is 11.3. The van der Waals surface area contributed by atoms with Gasteiger partial charge in [-0.15, -0.1) is 0 Å². The molecule has 0 spiro atoms. The van der Waals surface area contributed by atoms with E-state index in [-0.39, 0.29) is 22.8 Å². The zero-order valence-electron chi connectivity index (χ0n) is 11.3. The van der Waals surface area contributed by atoms with Crippen LogP contribution in [0.25, 0.3) is 0 Å². The van der Waals surface area contributed by atoms with E-state index in [0.29, 0.717) is 12.6 Å². The maximum Gasteiger partial charge on any atom is 0.180 e. The Labute approximate surface area is 113 Å². The van der Waals surface area contributed by atoms with Gasteiger partial charge in [0, 0.05) is 31.7 Å². The van der Waals surface area contributed by atoms with Crippen molar-refractivity contribution in [1.82, 2.24) is 9.80 Å². The molecule has 1 aromatic rings. The van der Waals surface area contributed by atoms with Gasteiger partial charge < -0.3 is 15.1 Å². The molecule has 1 aliphatic rings. The first-order chi connectivity index (χ1) is 8.97. The van der Waals surface area contributed by atoms with Crippen LogP contribution >= 0.6 is 0 Å². The van der Waals surface area contributed by atoms with Gasteiger partial charge in [0.1, 0.15) is 11.5 Å². The third-order valence-corrected chi connectivity index (χ3v) is 3.69. The van der Waals surface area contributed by atoms with Crippen LogP contribution in [0.1, 0.15) is 17.3 Å². The fraction of sp³-hybridized carbons (Fsp3) is 0.500. The number of likely N-dealkylation sites (N-methyl/N-ethyl adjacent to an activating group) is 1. The quantitative estimate of drug-likeness (QED) is 0.795. The van der Waals surface area contributed by atoms with Gasteiger partial charge in [0.05, 0.1) is 12.1 Å². The average molecular weight is 264 g/mol. The number of benzene rings is 1. The Kier molecular flexibility index (Phi) is 4.07. The van der Waals surface area contributed by atoms with Crippen molar-refractivity contribution in [2.24, 2.45) is 0 Å². The third-order valence-electron chi connectivity index (χ3n) is 3.69. The SMILES string of the molecule is CC1CN(CC(=O)c2ccc(O)cc2O)CCN1C. The summed E-state index contributed by atoms with van der Waals surface area (Å²) in [4.78, 5) is 16.5. The fourth-order valence-corrected chi connectivity index (χ4v) is 2.31. The standard InChI is InChI=1S/C14H20N2O3/c1-10-8-16(6-5-15(10)2)9-14(19)12-4-3-11(17)7-13(12)18/h3-4,7,10,17-18H,5-6,8-9H2,1-2H3. The first-order valence-corrected chi connectivity index (χ1v) is 6.45.